The van der Waals surface area contributed by atoms with E-state index in [2.05, 4.69) is 43.9 Å². The highest BCUT2D eigenvalue weighted by Gasteiger charge is 2.15. The van der Waals surface area contributed by atoms with Gasteiger partial charge in [-0.05, 0) is 82.0 Å². The Hall–Kier alpha value is -2.48. The van der Waals surface area contributed by atoms with Crippen molar-refractivity contribution in [1.82, 2.24) is 9.66 Å². The highest BCUT2D eigenvalue weighted by molar-refractivity contribution is 9.10. The standard InChI is InChI=1S/C26H22Br2ClN3O2/c1-3-16(2)25-31-23-10-7-19(27)13-21(23)26(33)32(25)30-14-18-6-11-24(22(28)12-18)34-15-17-4-8-20(29)9-5-17/h4-14,16H,3,15H2,1-2H3/t16-/m1/s1. The maximum Gasteiger partial charge on any atom is 0.282 e. The number of nitrogens with zero attached hydrogens (tertiary/aromatic N) is 3. The summed E-state index contributed by atoms with van der Waals surface area (Å²) in [5.41, 5.74) is 2.32. The van der Waals surface area contributed by atoms with Crippen molar-refractivity contribution in [1.29, 1.82) is 0 Å². The molecule has 0 spiro atoms. The monoisotopic (exact) mass is 601 g/mol. The summed E-state index contributed by atoms with van der Waals surface area (Å²) in [6.45, 7) is 4.54. The molecule has 5 nitrogen and oxygen atoms in total. The van der Waals surface area contributed by atoms with Gasteiger partial charge in [0.15, 0.2) is 0 Å². The van der Waals surface area contributed by atoms with Crippen molar-refractivity contribution in [2.45, 2.75) is 32.8 Å². The second kappa shape index (κ2) is 10.8. The number of rotatable bonds is 7. The van der Waals surface area contributed by atoms with Crippen LogP contribution < -0.4 is 10.3 Å². The zero-order valence-electron chi connectivity index (χ0n) is 18.6. The summed E-state index contributed by atoms with van der Waals surface area (Å²) >= 11 is 12.9. The fraction of sp³-hybridized carbons (Fsp3) is 0.192. The molecular weight excluding hydrogens is 582 g/mol. The maximum absolute atomic E-state index is 13.3. The summed E-state index contributed by atoms with van der Waals surface area (Å²) in [4.78, 5) is 18.0. The van der Waals surface area contributed by atoms with Crippen LogP contribution in [0.25, 0.3) is 10.9 Å². The van der Waals surface area contributed by atoms with E-state index in [4.69, 9.17) is 21.3 Å². The molecule has 0 bridgehead atoms. The summed E-state index contributed by atoms with van der Waals surface area (Å²) < 4.78 is 8.94. The van der Waals surface area contributed by atoms with Crippen molar-refractivity contribution in [2.24, 2.45) is 5.10 Å². The molecule has 4 aromatic rings. The van der Waals surface area contributed by atoms with Gasteiger partial charge in [0.25, 0.3) is 5.56 Å². The Morgan fingerprint density at radius 1 is 1.12 bits per heavy atom. The minimum Gasteiger partial charge on any atom is -0.488 e. The first kappa shape index (κ1) is 24.6. The summed E-state index contributed by atoms with van der Waals surface area (Å²) in [7, 11) is 0. The topological polar surface area (TPSA) is 56.5 Å². The molecule has 0 radical (unpaired) electrons. The SMILES string of the molecule is CC[C@@H](C)c1nc2ccc(Br)cc2c(=O)n1N=Cc1ccc(OCc2ccc(Cl)cc2)c(Br)c1. The van der Waals surface area contributed by atoms with E-state index in [-0.39, 0.29) is 11.5 Å². The van der Waals surface area contributed by atoms with Crippen molar-refractivity contribution < 1.29 is 4.74 Å². The lowest BCUT2D eigenvalue weighted by atomic mass is 10.1. The smallest absolute Gasteiger partial charge is 0.282 e. The third-order valence-electron chi connectivity index (χ3n) is 5.47. The minimum atomic E-state index is -0.195. The average Bonchev–Trinajstić information content (AvgIpc) is 2.83. The molecule has 1 atom stereocenters. The van der Waals surface area contributed by atoms with Crippen LogP contribution in [0.1, 0.15) is 43.1 Å². The molecule has 0 saturated heterocycles. The van der Waals surface area contributed by atoms with E-state index in [1.54, 1.807) is 12.3 Å². The van der Waals surface area contributed by atoms with Gasteiger partial charge in [0.2, 0.25) is 0 Å². The first-order valence-corrected chi connectivity index (χ1v) is 12.8. The lowest BCUT2D eigenvalue weighted by Crippen LogP contribution is -2.23. The van der Waals surface area contributed by atoms with Gasteiger partial charge in [-0.3, -0.25) is 4.79 Å². The predicted octanol–water partition coefficient (Wildman–Crippen LogP) is 7.55. The summed E-state index contributed by atoms with van der Waals surface area (Å²) in [5, 5.41) is 5.74. The molecule has 4 rings (SSSR count). The van der Waals surface area contributed by atoms with Crippen LogP contribution in [0, 0.1) is 0 Å². The molecule has 1 aromatic heterocycles. The van der Waals surface area contributed by atoms with Crippen LogP contribution in [0.4, 0.5) is 0 Å². The first-order chi connectivity index (χ1) is 16.4. The van der Waals surface area contributed by atoms with Gasteiger partial charge in [-0.2, -0.15) is 9.78 Å². The van der Waals surface area contributed by atoms with E-state index >= 15 is 0 Å². The Morgan fingerprint density at radius 3 is 2.59 bits per heavy atom. The number of ether oxygens (including phenoxy) is 1. The summed E-state index contributed by atoms with van der Waals surface area (Å²) in [6, 6.07) is 18.7. The number of fused-ring (bicyclic) bond motifs is 1. The molecule has 3 aromatic carbocycles. The molecular formula is C26H22Br2ClN3O2. The van der Waals surface area contributed by atoms with Crippen molar-refractivity contribution in [2.75, 3.05) is 0 Å². The molecule has 1 heterocycles. The lowest BCUT2D eigenvalue weighted by Gasteiger charge is -2.14. The van der Waals surface area contributed by atoms with Crippen molar-refractivity contribution in [3.8, 4) is 5.75 Å². The van der Waals surface area contributed by atoms with Crippen molar-refractivity contribution in [3.63, 3.8) is 0 Å². The summed E-state index contributed by atoms with van der Waals surface area (Å²) in [5.74, 6) is 1.43. The van der Waals surface area contributed by atoms with Crippen LogP contribution in [0.2, 0.25) is 5.02 Å². The van der Waals surface area contributed by atoms with Gasteiger partial charge >= 0.3 is 0 Å². The van der Waals surface area contributed by atoms with Gasteiger partial charge < -0.3 is 4.74 Å². The molecule has 0 aliphatic rings. The van der Waals surface area contributed by atoms with Gasteiger partial charge in [0.1, 0.15) is 18.2 Å². The molecule has 8 heteroatoms. The van der Waals surface area contributed by atoms with Crippen LogP contribution in [-0.2, 0) is 6.61 Å². The third kappa shape index (κ3) is 5.59. The van der Waals surface area contributed by atoms with Crippen LogP contribution >= 0.6 is 43.5 Å². The number of aromatic nitrogens is 2. The van der Waals surface area contributed by atoms with Crippen LogP contribution in [0.15, 0.2) is 79.5 Å². The van der Waals surface area contributed by atoms with Gasteiger partial charge in [-0.25, -0.2) is 4.98 Å². The molecule has 0 amide bonds. The van der Waals surface area contributed by atoms with Gasteiger partial charge in [-0.1, -0.05) is 53.5 Å². The van der Waals surface area contributed by atoms with Crippen LogP contribution in [0.3, 0.4) is 0 Å². The second-order valence-corrected chi connectivity index (χ2v) is 10.1. The largest absolute Gasteiger partial charge is 0.488 e. The molecule has 0 unspecified atom stereocenters. The number of benzene rings is 3. The molecule has 0 N–H and O–H groups in total. The zero-order chi connectivity index (χ0) is 24.2. The van der Waals surface area contributed by atoms with Crippen molar-refractivity contribution in [3.05, 3.63) is 102 Å². The second-order valence-electron chi connectivity index (χ2n) is 7.91. The van der Waals surface area contributed by atoms with Gasteiger partial charge in [0, 0.05) is 15.4 Å². The average molecular weight is 604 g/mol. The van der Waals surface area contributed by atoms with E-state index in [0.717, 1.165) is 26.5 Å². The quantitative estimate of drug-likeness (QED) is 0.205. The molecule has 34 heavy (non-hydrogen) atoms. The normalized spacial score (nSPS) is 12.4. The number of halogens is 3. The highest BCUT2D eigenvalue weighted by Crippen LogP contribution is 2.27. The van der Waals surface area contributed by atoms with Crippen LogP contribution in [-0.4, -0.2) is 15.9 Å². The minimum absolute atomic E-state index is 0.0771. The Morgan fingerprint density at radius 2 is 1.88 bits per heavy atom. The Balaban J connectivity index is 1.62. The molecule has 0 saturated carbocycles. The maximum atomic E-state index is 13.3. The molecule has 0 fully saturated rings. The third-order valence-corrected chi connectivity index (χ3v) is 6.84. The van der Waals surface area contributed by atoms with E-state index in [1.165, 1.54) is 4.68 Å². The number of hydrogen-bond donors (Lipinski definition) is 0. The Bertz CT molecular complexity index is 1420. The van der Waals surface area contributed by atoms with E-state index in [9.17, 15) is 4.79 Å². The molecule has 0 aliphatic carbocycles. The van der Waals surface area contributed by atoms with E-state index in [1.807, 2.05) is 61.5 Å². The van der Waals surface area contributed by atoms with E-state index < -0.39 is 0 Å². The summed E-state index contributed by atoms with van der Waals surface area (Å²) in [6.07, 6.45) is 2.50. The Kier molecular flexibility index (Phi) is 7.86. The lowest BCUT2D eigenvalue weighted by molar-refractivity contribution is 0.304. The fourth-order valence-corrected chi connectivity index (χ4v) is 4.36. The highest BCUT2D eigenvalue weighted by atomic mass is 79.9. The Labute approximate surface area is 219 Å². The molecule has 0 aliphatic heterocycles. The fourth-order valence-electron chi connectivity index (χ4n) is 3.36. The van der Waals surface area contributed by atoms with Gasteiger partial charge in [-0.15, -0.1) is 0 Å². The first-order valence-electron chi connectivity index (χ1n) is 10.8. The number of hydrogen-bond acceptors (Lipinski definition) is 4. The van der Waals surface area contributed by atoms with Crippen molar-refractivity contribution >= 4 is 60.6 Å². The molecule has 174 valence electrons. The van der Waals surface area contributed by atoms with Crippen LogP contribution in [0.5, 0.6) is 5.75 Å². The van der Waals surface area contributed by atoms with E-state index in [0.29, 0.717) is 34.1 Å². The van der Waals surface area contributed by atoms with Gasteiger partial charge in [0.05, 0.1) is 21.6 Å². The zero-order valence-corrected chi connectivity index (χ0v) is 22.6. The predicted molar refractivity (Wildman–Crippen MR) is 145 cm³/mol.